The van der Waals surface area contributed by atoms with Gasteiger partial charge in [0, 0.05) is 30.8 Å². The van der Waals surface area contributed by atoms with Crippen molar-refractivity contribution < 1.29 is 18.8 Å². The fourth-order valence-electron chi connectivity index (χ4n) is 3.03. The lowest BCUT2D eigenvalue weighted by Gasteiger charge is -2.19. The third-order valence-corrected chi connectivity index (χ3v) is 4.52. The Morgan fingerprint density at radius 1 is 1.22 bits per heavy atom. The predicted octanol–water partition coefficient (Wildman–Crippen LogP) is 3.09. The van der Waals surface area contributed by atoms with Crippen LogP contribution >= 0.6 is 0 Å². The number of ether oxygens (including phenoxy) is 1. The highest BCUT2D eigenvalue weighted by Gasteiger charge is 2.21. The zero-order valence-corrected chi connectivity index (χ0v) is 15.6. The van der Waals surface area contributed by atoms with E-state index in [0.29, 0.717) is 42.0 Å². The van der Waals surface area contributed by atoms with E-state index >= 15 is 0 Å². The molecule has 0 saturated carbocycles. The van der Waals surface area contributed by atoms with Crippen molar-refractivity contribution in [2.45, 2.75) is 45.4 Å². The van der Waals surface area contributed by atoms with E-state index in [0.717, 1.165) is 24.1 Å². The smallest absolute Gasteiger partial charge is 0.335 e. The van der Waals surface area contributed by atoms with E-state index < -0.39 is 0 Å². The molecule has 0 aliphatic heterocycles. The number of allylic oxidation sites excluding steroid dienone is 1. The van der Waals surface area contributed by atoms with Crippen LogP contribution in [0.15, 0.2) is 40.2 Å². The highest BCUT2D eigenvalue weighted by Crippen LogP contribution is 2.24. The first-order chi connectivity index (χ1) is 13.1. The molecule has 7 nitrogen and oxygen atoms in total. The van der Waals surface area contributed by atoms with Crippen LogP contribution in [0.4, 0.5) is 0 Å². The lowest BCUT2D eigenvalue weighted by Crippen LogP contribution is -2.27. The standard InChI is InChI=1S/C20H23N3O4/c1-13-7-9-17(21-12-13)18-11-14(27-23-18)8-10-19(24)22-16-6-4-3-5-15(16)20(25)26-2/h7,9,11-12H,3-6,8,10H2,1-2H3,(H,22,24). The van der Waals surface area contributed by atoms with Gasteiger partial charge in [0.1, 0.15) is 11.5 Å². The van der Waals surface area contributed by atoms with Gasteiger partial charge in [-0.25, -0.2) is 4.79 Å². The number of pyridine rings is 1. The molecule has 142 valence electrons. The maximum absolute atomic E-state index is 12.3. The van der Waals surface area contributed by atoms with Gasteiger partial charge >= 0.3 is 5.97 Å². The number of hydrogen-bond acceptors (Lipinski definition) is 6. The van der Waals surface area contributed by atoms with Crippen molar-refractivity contribution in [3.63, 3.8) is 0 Å². The maximum atomic E-state index is 12.3. The second-order valence-corrected chi connectivity index (χ2v) is 6.60. The minimum atomic E-state index is -0.365. The van der Waals surface area contributed by atoms with Gasteiger partial charge < -0.3 is 14.6 Å². The Morgan fingerprint density at radius 2 is 2.04 bits per heavy atom. The Labute approximate surface area is 157 Å². The molecule has 0 radical (unpaired) electrons. The number of aromatic nitrogens is 2. The van der Waals surface area contributed by atoms with Gasteiger partial charge in [-0.05, 0) is 44.2 Å². The second-order valence-electron chi connectivity index (χ2n) is 6.60. The van der Waals surface area contributed by atoms with E-state index in [4.69, 9.17) is 9.26 Å². The van der Waals surface area contributed by atoms with Crippen molar-refractivity contribution in [2.24, 2.45) is 0 Å². The van der Waals surface area contributed by atoms with Crippen molar-refractivity contribution in [3.05, 3.63) is 47.0 Å². The van der Waals surface area contributed by atoms with Crippen molar-refractivity contribution in [1.82, 2.24) is 15.5 Å². The van der Waals surface area contributed by atoms with E-state index in [1.54, 1.807) is 12.3 Å². The highest BCUT2D eigenvalue weighted by atomic mass is 16.5. The number of rotatable bonds is 6. The SMILES string of the molecule is COC(=O)C1=C(NC(=O)CCc2cc(-c3ccc(C)cn3)no2)CCCC1. The Kier molecular flexibility index (Phi) is 6.01. The highest BCUT2D eigenvalue weighted by molar-refractivity contribution is 5.90. The summed E-state index contributed by atoms with van der Waals surface area (Å²) >= 11 is 0. The van der Waals surface area contributed by atoms with Crippen molar-refractivity contribution in [1.29, 1.82) is 0 Å². The molecule has 7 heteroatoms. The first-order valence-electron chi connectivity index (χ1n) is 9.05. The molecule has 1 N–H and O–H groups in total. The second kappa shape index (κ2) is 8.62. The maximum Gasteiger partial charge on any atom is 0.335 e. The topological polar surface area (TPSA) is 94.3 Å². The summed E-state index contributed by atoms with van der Waals surface area (Å²) < 4.78 is 10.1. The molecule has 2 aromatic heterocycles. The normalized spacial score (nSPS) is 14.1. The monoisotopic (exact) mass is 369 g/mol. The molecule has 3 rings (SSSR count). The summed E-state index contributed by atoms with van der Waals surface area (Å²) in [7, 11) is 1.35. The van der Waals surface area contributed by atoms with Crippen LogP contribution in [-0.4, -0.2) is 29.1 Å². The Hall–Kier alpha value is -2.96. The quantitative estimate of drug-likeness (QED) is 0.786. The lowest BCUT2D eigenvalue weighted by atomic mass is 9.96. The third-order valence-electron chi connectivity index (χ3n) is 4.52. The summed E-state index contributed by atoms with van der Waals surface area (Å²) in [6.45, 7) is 1.97. The van der Waals surface area contributed by atoms with Crippen LogP contribution in [0.3, 0.4) is 0 Å². The number of nitrogens with zero attached hydrogens (tertiary/aromatic N) is 2. The molecule has 1 amide bonds. The van der Waals surface area contributed by atoms with Gasteiger partial charge in [-0.1, -0.05) is 11.2 Å². The fraction of sp³-hybridized carbons (Fsp3) is 0.400. The number of hydrogen-bond donors (Lipinski definition) is 1. The minimum absolute atomic E-state index is 0.153. The van der Waals surface area contributed by atoms with Crippen molar-refractivity contribution in [3.8, 4) is 11.4 Å². The van der Waals surface area contributed by atoms with Crippen molar-refractivity contribution >= 4 is 11.9 Å². The van der Waals surface area contributed by atoms with Crippen LogP contribution in [0.1, 0.15) is 43.4 Å². The molecule has 1 aliphatic carbocycles. The summed E-state index contributed by atoms with van der Waals surface area (Å²) in [5.41, 5.74) is 3.70. The third kappa shape index (κ3) is 4.81. The lowest BCUT2D eigenvalue weighted by molar-refractivity contribution is -0.136. The number of nitrogens with one attached hydrogen (secondary N) is 1. The summed E-state index contributed by atoms with van der Waals surface area (Å²) in [5, 5.41) is 6.88. The Bertz CT molecular complexity index is 852. The number of carbonyl (C=O) groups excluding carboxylic acids is 2. The van der Waals surface area contributed by atoms with Gasteiger partial charge in [-0.2, -0.15) is 0 Å². The zero-order valence-electron chi connectivity index (χ0n) is 15.6. The van der Waals surface area contributed by atoms with Crippen LogP contribution in [-0.2, 0) is 20.7 Å². The average molecular weight is 369 g/mol. The van der Waals surface area contributed by atoms with Gasteiger partial charge in [0.2, 0.25) is 5.91 Å². The first kappa shape index (κ1) is 18.8. The molecule has 0 fully saturated rings. The van der Waals surface area contributed by atoms with Gasteiger partial charge in [0.05, 0.1) is 18.4 Å². The summed E-state index contributed by atoms with van der Waals surface area (Å²) in [4.78, 5) is 28.4. The zero-order chi connectivity index (χ0) is 19.2. The molecule has 2 aromatic rings. The Balaban J connectivity index is 1.58. The van der Waals surface area contributed by atoms with E-state index in [9.17, 15) is 9.59 Å². The summed E-state index contributed by atoms with van der Waals surface area (Å²) in [5.74, 6) is 0.100. The molecule has 1 aliphatic rings. The number of carbonyl (C=O) groups is 2. The molecule has 0 bridgehead atoms. The fourth-order valence-corrected chi connectivity index (χ4v) is 3.03. The van der Waals surface area contributed by atoms with Gasteiger partial charge in [0.15, 0.2) is 0 Å². The van der Waals surface area contributed by atoms with Crippen LogP contribution < -0.4 is 5.32 Å². The van der Waals surface area contributed by atoms with Crippen molar-refractivity contribution in [2.75, 3.05) is 7.11 Å². The average Bonchev–Trinajstić information content (AvgIpc) is 3.16. The van der Waals surface area contributed by atoms with Crippen LogP contribution in [0.5, 0.6) is 0 Å². The first-order valence-corrected chi connectivity index (χ1v) is 9.05. The largest absolute Gasteiger partial charge is 0.466 e. The van der Waals surface area contributed by atoms with E-state index in [2.05, 4.69) is 15.5 Å². The Morgan fingerprint density at radius 3 is 2.78 bits per heavy atom. The van der Waals surface area contributed by atoms with E-state index in [-0.39, 0.29) is 18.3 Å². The molecular formula is C20H23N3O4. The van der Waals surface area contributed by atoms with Crippen LogP contribution in [0.25, 0.3) is 11.4 Å². The summed E-state index contributed by atoms with van der Waals surface area (Å²) in [6, 6.07) is 5.64. The molecule has 2 heterocycles. The van der Waals surface area contributed by atoms with Crippen LogP contribution in [0.2, 0.25) is 0 Å². The van der Waals surface area contributed by atoms with Gasteiger partial charge in [-0.15, -0.1) is 0 Å². The van der Waals surface area contributed by atoms with Gasteiger partial charge in [0.25, 0.3) is 0 Å². The molecule has 0 saturated heterocycles. The summed E-state index contributed by atoms with van der Waals surface area (Å²) in [6.07, 6.45) is 5.63. The number of aryl methyl sites for hydroxylation is 2. The molecule has 27 heavy (non-hydrogen) atoms. The van der Waals surface area contributed by atoms with Gasteiger partial charge in [-0.3, -0.25) is 9.78 Å². The molecule has 0 unspecified atom stereocenters. The molecular weight excluding hydrogens is 346 g/mol. The molecule has 0 atom stereocenters. The number of methoxy groups -OCH3 is 1. The predicted molar refractivity (Wildman–Crippen MR) is 98.4 cm³/mol. The van der Waals surface area contributed by atoms with E-state index in [1.807, 2.05) is 19.1 Å². The van der Waals surface area contributed by atoms with Crippen LogP contribution in [0, 0.1) is 6.92 Å². The minimum Gasteiger partial charge on any atom is -0.466 e. The number of esters is 1. The molecule has 0 spiro atoms. The van der Waals surface area contributed by atoms with E-state index in [1.165, 1.54) is 7.11 Å². The number of amides is 1. The molecule has 0 aromatic carbocycles.